The Morgan fingerprint density at radius 2 is 1.88 bits per heavy atom. The number of hydrogen-bond donors (Lipinski definition) is 0. The lowest BCUT2D eigenvalue weighted by molar-refractivity contribution is 0.0704. The van der Waals surface area contributed by atoms with Crippen molar-refractivity contribution in [3.05, 3.63) is 47.1 Å². The molecule has 2 aromatic rings. The highest BCUT2D eigenvalue weighted by atomic mass is 16.5. The molecule has 4 rings (SSSR count). The molecule has 2 saturated heterocycles. The fourth-order valence-electron chi connectivity index (χ4n) is 3.53. The van der Waals surface area contributed by atoms with E-state index in [4.69, 9.17) is 9.26 Å². The number of piperidine rings is 1. The molecule has 0 bridgehead atoms. The summed E-state index contributed by atoms with van der Waals surface area (Å²) in [5, 5.41) is 4.14. The lowest BCUT2D eigenvalue weighted by Crippen LogP contribution is -2.38. The van der Waals surface area contributed by atoms with Crippen LogP contribution in [0.25, 0.3) is 0 Å². The number of carbonyl (C=O) groups is 1. The summed E-state index contributed by atoms with van der Waals surface area (Å²) in [7, 11) is 0. The number of likely N-dealkylation sites (tertiary alicyclic amines) is 1. The van der Waals surface area contributed by atoms with Crippen LogP contribution in [0.5, 0.6) is 0 Å². The van der Waals surface area contributed by atoms with E-state index >= 15 is 0 Å². The number of benzene rings is 1. The zero-order valence-corrected chi connectivity index (χ0v) is 14.5. The van der Waals surface area contributed by atoms with E-state index in [2.05, 4.69) is 10.1 Å². The smallest absolute Gasteiger partial charge is 0.253 e. The third-order valence-electron chi connectivity index (χ3n) is 5.18. The SMILES string of the molecule is Cc1ccc(C(=O)N2CCC(c3nc(C4CCOC4)no3)CC2)cc1. The minimum atomic E-state index is 0.104. The summed E-state index contributed by atoms with van der Waals surface area (Å²) < 4.78 is 10.9. The molecule has 0 spiro atoms. The van der Waals surface area contributed by atoms with Crippen molar-refractivity contribution in [2.45, 2.75) is 38.0 Å². The molecule has 0 N–H and O–H groups in total. The predicted octanol–water partition coefficient (Wildman–Crippen LogP) is 2.90. The highest BCUT2D eigenvalue weighted by Crippen LogP contribution is 2.30. The number of amides is 1. The minimum absolute atomic E-state index is 0.104. The van der Waals surface area contributed by atoms with E-state index in [9.17, 15) is 4.79 Å². The highest BCUT2D eigenvalue weighted by Gasteiger charge is 2.30. The Balaban J connectivity index is 1.36. The standard InChI is InChI=1S/C19H23N3O3/c1-13-2-4-15(5-3-13)19(23)22-9-6-14(7-10-22)18-20-17(21-25-18)16-8-11-24-12-16/h2-5,14,16H,6-12H2,1H3. The molecular weight excluding hydrogens is 318 g/mol. The fraction of sp³-hybridized carbons (Fsp3) is 0.526. The molecule has 2 aliphatic rings. The van der Waals surface area contributed by atoms with Gasteiger partial charge in [-0.25, -0.2) is 0 Å². The van der Waals surface area contributed by atoms with Crippen LogP contribution in [0.2, 0.25) is 0 Å². The van der Waals surface area contributed by atoms with E-state index < -0.39 is 0 Å². The van der Waals surface area contributed by atoms with Crippen LogP contribution in [-0.2, 0) is 4.74 Å². The van der Waals surface area contributed by atoms with Crippen LogP contribution in [0, 0.1) is 6.92 Å². The lowest BCUT2D eigenvalue weighted by atomic mass is 9.96. The zero-order valence-electron chi connectivity index (χ0n) is 14.5. The molecule has 132 valence electrons. The van der Waals surface area contributed by atoms with Gasteiger partial charge in [-0.15, -0.1) is 0 Å². The van der Waals surface area contributed by atoms with Crippen LogP contribution in [0.3, 0.4) is 0 Å². The Morgan fingerprint density at radius 3 is 2.56 bits per heavy atom. The molecule has 6 nitrogen and oxygen atoms in total. The zero-order chi connectivity index (χ0) is 17.2. The second kappa shape index (κ2) is 6.96. The second-order valence-electron chi connectivity index (χ2n) is 6.98. The largest absolute Gasteiger partial charge is 0.381 e. The van der Waals surface area contributed by atoms with Gasteiger partial charge in [0.05, 0.1) is 6.61 Å². The van der Waals surface area contributed by atoms with Crippen LogP contribution in [0.1, 0.15) is 58.7 Å². The van der Waals surface area contributed by atoms with Gasteiger partial charge in [-0.1, -0.05) is 22.9 Å². The molecule has 1 unspecified atom stereocenters. The van der Waals surface area contributed by atoms with Crippen molar-refractivity contribution in [2.75, 3.05) is 26.3 Å². The van der Waals surface area contributed by atoms with E-state index in [1.807, 2.05) is 36.1 Å². The Labute approximate surface area is 147 Å². The Bertz CT molecular complexity index is 727. The van der Waals surface area contributed by atoms with Crippen molar-refractivity contribution in [1.82, 2.24) is 15.0 Å². The number of rotatable bonds is 3. The molecule has 25 heavy (non-hydrogen) atoms. The highest BCUT2D eigenvalue weighted by molar-refractivity contribution is 5.94. The Hall–Kier alpha value is -2.21. The molecule has 2 fully saturated rings. The van der Waals surface area contributed by atoms with Crippen molar-refractivity contribution in [3.8, 4) is 0 Å². The van der Waals surface area contributed by atoms with Crippen LogP contribution in [-0.4, -0.2) is 47.3 Å². The number of ether oxygens (including phenoxy) is 1. The summed E-state index contributed by atoms with van der Waals surface area (Å²) in [5.41, 5.74) is 1.92. The molecule has 2 aliphatic heterocycles. The minimum Gasteiger partial charge on any atom is -0.381 e. The first-order valence-corrected chi connectivity index (χ1v) is 8.98. The maximum atomic E-state index is 12.6. The van der Waals surface area contributed by atoms with Crippen molar-refractivity contribution in [3.63, 3.8) is 0 Å². The van der Waals surface area contributed by atoms with Gasteiger partial charge in [-0.3, -0.25) is 4.79 Å². The first-order valence-electron chi connectivity index (χ1n) is 8.98. The molecule has 0 radical (unpaired) electrons. The topological polar surface area (TPSA) is 68.5 Å². The van der Waals surface area contributed by atoms with Crippen molar-refractivity contribution in [1.29, 1.82) is 0 Å². The number of nitrogens with zero attached hydrogens (tertiary/aromatic N) is 3. The first kappa shape index (κ1) is 16.3. The molecule has 1 aromatic heterocycles. The van der Waals surface area contributed by atoms with Gasteiger partial charge >= 0.3 is 0 Å². The van der Waals surface area contributed by atoms with E-state index in [1.54, 1.807) is 0 Å². The fourth-order valence-corrected chi connectivity index (χ4v) is 3.53. The molecule has 0 saturated carbocycles. The van der Waals surface area contributed by atoms with Crippen LogP contribution in [0.15, 0.2) is 28.8 Å². The number of aromatic nitrogens is 2. The van der Waals surface area contributed by atoms with Gasteiger partial charge in [-0.05, 0) is 38.3 Å². The molecule has 0 aliphatic carbocycles. The quantitative estimate of drug-likeness (QED) is 0.858. The second-order valence-corrected chi connectivity index (χ2v) is 6.98. The molecule has 1 aromatic carbocycles. The molecular formula is C19H23N3O3. The van der Waals surface area contributed by atoms with Crippen molar-refractivity contribution >= 4 is 5.91 Å². The van der Waals surface area contributed by atoms with Crippen molar-refractivity contribution in [2.24, 2.45) is 0 Å². The van der Waals surface area contributed by atoms with E-state index in [0.29, 0.717) is 12.5 Å². The van der Waals surface area contributed by atoms with E-state index in [1.165, 1.54) is 0 Å². The van der Waals surface area contributed by atoms with E-state index in [-0.39, 0.29) is 17.7 Å². The van der Waals surface area contributed by atoms with Crippen LogP contribution >= 0.6 is 0 Å². The summed E-state index contributed by atoms with van der Waals surface area (Å²) in [4.78, 5) is 19.1. The van der Waals surface area contributed by atoms with Gasteiger partial charge in [0.25, 0.3) is 5.91 Å². The van der Waals surface area contributed by atoms with E-state index in [0.717, 1.165) is 55.9 Å². The average molecular weight is 341 g/mol. The average Bonchev–Trinajstić information content (AvgIpc) is 3.33. The first-order chi connectivity index (χ1) is 12.2. The maximum absolute atomic E-state index is 12.6. The molecule has 6 heteroatoms. The summed E-state index contributed by atoms with van der Waals surface area (Å²) in [6.45, 7) is 4.93. The normalized spacial score (nSPS) is 21.6. The van der Waals surface area contributed by atoms with Crippen LogP contribution in [0.4, 0.5) is 0 Å². The summed E-state index contributed by atoms with van der Waals surface area (Å²) in [6, 6.07) is 7.76. The summed E-state index contributed by atoms with van der Waals surface area (Å²) >= 11 is 0. The number of aryl methyl sites for hydroxylation is 1. The third kappa shape index (κ3) is 3.44. The Morgan fingerprint density at radius 1 is 1.12 bits per heavy atom. The van der Waals surface area contributed by atoms with Gasteiger partial charge in [0, 0.05) is 37.1 Å². The number of hydrogen-bond acceptors (Lipinski definition) is 5. The van der Waals surface area contributed by atoms with Gasteiger partial charge in [0.15, 0.2) is 5.82 Å². The molecule has 3 heterocycles. The van der Waals surface area contributed by atoms with Crippen LogP contribution < -0.4 is 0 Å². The van der Waals surface area contributed by atoms with Crippen molar-refractivity contribution < 1.29 is 14.1 Å². The van der Waals surface area contributed by atoms with Gasteiger partial charge in [0.1, 0.15) is 0 Å². The molecule has 1 amide bonds. The van der Waals surface area contributed by atoms with Gasteiger partial charge in [-0.2, -0.15) is 4.98 Å². The Kier molecular flexibility index (Phi) is 4.53. The third-order valence-corrected chi connectivity index (χ3v) is 5.18. The van der Waals surface area contributed by atoms with Gasteiger partial charge in [0.2, 0.25) is 5.89 Å². The van der Waals surface area contributed by atoms with Gasteiger partial charge < -0.3 is 14.2 Å². The predicted molar refractivity (Wildman–Crippen MR) is 91.5 cm³/mol. The summed E-state index contributed by atoms with van der Waals surface area (Å²) in [6.07, 6.45) is 2.68. The molecule has 1 atom stereocenters. The summed E-state index contributed by atoms with van der Waals surface area (Å²) in [5.74, 6) is 2.09. The number of carbonyl (C=O) groups excluding carboxylic acids is 1. The maximum Gasteiger partial charge on any atom is 0.253 e. The monoisotopic (exact) mass is 341 g/mol. The lowest BCUT2D eigenvalue weighted by Gasteiger charge is -2.30.